The van der Waals surface area contributed by atoms with E-state index in [1.807, 2.05) is 0 Å². The SMILES string of the molecule is CC[C@]1(C)NC(=O)N(NC(=O)c2ccc(S(=O)(=O)N3CCCC3)cc2)C1=O. The third-order valence-corrected chi connectivity index (χ3v) is 6.91. The van der Waals surface area contributed by atoms with Crippen molar-refractivity contribution in [2.45, 2.75) is 43.5 Å². The number of nitrogens with zero attached hydrogens (tertiary/aromatic N) is 2. The highest BCUT2D eigenvalue weighted by atomic mass is 32.2. The summed E-state index contributed by atoms with van der Waals surface area (Å²) in [5, 5.41) is 3.19. The molecule has 0 radical (unpaired) electrons. The van der Waals surface area contributed by atoms with Gasteiger partial charge in [-0.05, 0) is 50.5 Å². The van der Waals surface area contributed by atoms with Gasteiger partial charge >= 0.3 is 6.03 Å². The number of benzene rings is 1. The van der Waals surface area contributed by atoms with Gasteiger partial charge in [-0.25, -0.2) is 13.2 Å². The summed E-state index contributed by atoms with van der Waals surface area (Å²) in [5.41, 5.74) is 1.35. The average molecular weight is 394 g/mol. The molecule has 1 atom stereocenters. The Bertz CT molecular complexity index is 877. The van der Waals surface area contributed by atoms with E-state index in [0.29, 0.717) is 24.5 Å². The van der Waals surface area contributed by atoms with Crippen molar-refractivity contribution in [2.24, 2.45) is 0 Å². The zero-order chi connectivity index (χ0) is 19.8. The van der Waals surface area contributed by atoms with Gasteiger partial charge in [-0.1, -0.05) is 6.92 Å². The van der Waals surface area contributed by atoms with Gasteiger partial charge in [0, 0.05) is 18.7 Å². The quantitative estimate of drug-likeness (QED) is 0.718. The zero-order valence-corrected chi connectivity index (χ0v) is 16.0. The summed E-state index contributed by atoms with van der Waals surface area (Å²) in [6, 6.07) is 4.71. The highest BCUT2D eigenvalue weighted by Crippen LogP contribution is 2.22. The lowest BCUT2D eigenvalue weighted by atomic mass is 10.00. The van der Waals surface area contributed by atoms with Gasteiger partial charge in [-0.2, -0.15) is 9.31 Å². The van der Waals surface area contributed by atoms with Crippen molar-refractivity contribution >= 4 is 27.9 Å². The van der Waals surface area contributed by atoms with Crippen LogP contribution in [0.25, 0.3) is 0 Å². The van der Waals surface area contributed by atoms with Crippen LogP contribution in [-0.4, -0.2) is 54.2 Å². The van der Waals surface area contributed by atoms with Gasteiger partial charge in [0.15, 0.2) is 0 Å². The summed E-state index contributed by atoms with van der Waals surface area (Å²) in [7, 11) is -3.57. The largest absolute Gasteiger partial charge is 0.344 e. The number of nitrogens with one attached hydrogen (secondary N) is 2. The van der Waals surface area contributed by atoms with Crippen LogP contribution in [0.15, 0.2) is 29.2 Å². The number of hydrogen-bond donors (Lipinski definition) is 2. The molecule has 2 fully saturated rings. The third kappa shape index (κ3) is 3.42. The zero-order valence-electron chi connectivity index (χ0n) is 15.2. The molecule has 1 aromatic rings. The van der Waals surface area contributed by atoms with Crippen LogP contribution < -0.4 is 10.7 Å². The first-order valence-corrected chi connectivity index (χ1v) is 10.2. The van der Waals surface area contributed by atoms with E-state index in [2.05, 4.69) is 10.7 Å². The minimum absolute atomic E-state index is 0.106. The van der Waals surface area contributed by atoms with Crippen molar-refractivity contribution < 1.29 is 22.8 Å². The number of sulfonamides is 1. The molecule has 27 heavy (non-hydrogen) atoms. The third-order valence-electron chi connectivity index (χ3n) is 5.00. The van der Waals surface area contributed by atoms with Crippen molar-refractivity contribution in [3.8, 4) is 0 Å². The van der Waals surface area contributed by atoms with Crippen molar-refractivity contribution in [2.75, 3.05) is 13.1 Å². The molecule has 0 aromatic heterocycles. The number of amides is 4. The van der Waals surface area contributed by atoms with Crippen LogP contribution in [0, 0.1) is 0 Å². The lowest BCUT2D eigenvalue weighted by molar-refractivity contribution is -0.132. The second-order valence-electron chi connectivity index (χ2n) is 6.83. The standard InChI is InChI=1S/C17H22N4O5S/c1-3-17(2)15(23)21(16(24)18-17)19-14(22)12-6-8-13(9-7-12)27(25,26)20-10-4-5-11-20/h6-9H,3-5,10-11H2,1-2H3,(H,18,24)(H,19,22)/t17-/m0/s1. The molecular formula is C17H22N4O5S. The Hall–Kier alpha value is -2.46. The van der Waals surface area contributed by atoms with E-state index >= 15 is 0 Å². The fourth-order valence-corrected chi connectivity index (χ4v) is 4.56. The minimum Gasteiger partial charge on any atom is -0.322 e. The Balaban J connectivity index is 1.73. The van der Waals surface area contributed by atoms with Crippen LogP contribution in [-0.2, 0) is 14.8 Å². The van der Waals surface area contributed by atoms with Gasteiger partial charge in [-0.15, -0.1) is 0 Å². The Morgan fingerprint density at radius 3 is 2.30 bits per heavy atom. The fourth-order valence-electron chi connectivity index (χ4n) is 3.05. The number of carbonyl (C=O) groups is 3. The van der Waals surface area contributed by atoms with Gasteiger partial charge < -0.3 is 5.32 Å². The molecule has 2 heterocycles. The van der Waals surface area contributed by atoms with E-state index in [4.69, 9.17) is 0 Å². The van der Waals surface area contributed by atoms with E-state index in [0.717, 1.165) is 12.8 Å². The first-order chi connectivity index (χ1) is 12.7. The van der Waals surface area contributed by atoms with Crippen molar-refractivity contribution in [3.63, 3.8) is 0 Å². The molecule has 2 N–H and O–H groups in total. The summed E-state index contributed by atoms with van der Waals surface area (Å²) >= 11 is 0. The van der Waals surface area contributed by atoms with Crippen molar-refractivity contribution in [3.05, 3.63) is 29.8 Å². The molecule has 2 saturated heterocycles. The molecule has 10 heteroatoms. The molecule has 2 aliphatic rings. The van der Waals surface area contributed by atoms with Crippen molar-refractivity contribution in [1.29, 1.82) is 0 Å². The van der Waals surface area contributed by atoms with Crippen LogP contribution in [0.5, 0.6) is 0 Å². The maximum Gasteiger partial charge on any atom is 0.344 e. The number of rotatable bonds is 5. The van der Waals surface area contributed by atoms with Crippen LogP contribution in [0.2, 0.25) is 0 Å². The predicted octanol–water partition coefficient (Wildman–Crippen LogP) is 0.836. The summed E-state index contributed by atoms with van der Waals surface area (Å²) < 4.78 is 26.4. The van der Waals surface area contributed by atoms with Gasteiger partial charge in [0.05, 0.1) is 4.90 Å². The topological polar surface area (TPSA) is 116 Å². The molecule has 0 saturated carbocycles. The Labute approximate surface area is 157 Å². The maximum atomic E-state index is 12.5. The van der Waals surface area contributed by atoms with E-state index in [1.165, 1.54) is 28.6 Å². The van der Waals surface area contributed by atoms with Crippen LogP contribution >= 0.6 is 0 Å². The van der Waals surface area contributed by atoms with Gasteiger partial charge in [0.2, 0.25) is 10.0 Å². The Kier molecular flexibility index (Phi) is 4.96. The van der Waals surface area contributed by atoms with Gasteiger partial charge in [0.1, 0.15) is 5.54 Å². The number of carbonyl (C=O) groups excluding carboxylic acids is 3. The fraction of sp³-hybridized carbons (Fsp3) is 0.471. The molecule has 3 rings (SSSR count). The second-order valence-corrected chi connectivity index (χ2v) is 8.77. The summed E-state index contributed by atoms with van der Waals surface area (Å²) in [6.45, 7) is 4.32. The molecular weight excluding hydrogens is 372 g/mol. The molecule has 1 aromatic carbocycles. The molecule has 0 bridgehead atoms. The summed E-state index contributed by atoms with van der Waals surface area (Å²) in [6.07, 6.45) is 2.05. The normalized spacial score (nSPS) is 23.6. The predicted molar refractivity (Wildman–Crippen MR) is 96.0 cm³/mol. The number of hydrazine groups is 1. The summed E-state index contributed by atoms with van der Waals surface area (Å²) in [5.74, 6) is -1.22. The average Bonchev–Trinajstić information content (AvgIpc) is 3.26. The molecule has 2 aliphatic heterocycles. The number of hydrogen-bond acceptors (Lipinski definition) is 5. The number of imide groups is 1. The Morgan fingerprint density at radius 1 is 1.19 bits per heavy atom. The van der Waals surface area contributed by atoms with Crippen LogP contribution in [0.3, 0.4) is 0 Å². The number of urea groups is 1. The van der Waals surface area contributed by atoms with Gasteiger partial charge in [-0.3, -0.25) is 15.0 Å². The smallest absolute Gasteiger partial charge is 0.322 e. The molecule has 4 amide bonds. The van der Waals surface area contributed by atoms with E-state index in [9.17, 15) is 22.8 Å². The monoisotopic (exact) mass is 394 g/mol. The first-order valence-electron chi connectivity index (χ1n) is 8.77. The minimum atomic E-state index is -3.57. The highest BCUT2D eigenvalue weighted by Gasteiger charge is 2.47. The molecule has 0 aliphatic carbocycles. The maximum absolute atomic E-state index is 12.5. The van der Waals surface area contributed by atoms with Crippen LogP contribution in [0.4, 0.5) is 4.79 Å². The van der Waals surface area contributed by atoms with E-state index < -0.39 is 33.4 Å². The van der Waals surface area contributed by atoms with Gasteiger partial charge in [0.25, 0.3) is 11.8 Å². The van der Waals surface area contributed by atoms with E-state index in [1.54, 1.807) is 13.8 Å². The summed E-state index contributed by atoms with van der Waals surface area (Å²) in [4.78, 5) is 36.7. The molecule has 0 spiro atoms. The molecule has 146 valence electrons. The lowest BCUT2D eigenvalue weighted by Gasteiger charge is -2.19. The second kappa shape index (κ2) is 6.93. The highest BCUT2D eigenvalue weighted by molar-refractivity contribution is 7.89. The first kappa shape index (κ1) is 19.3. The van der Waals surface area contributed by atoms with Crippen molar-refractivity contribution in [1.82, 2.24) is 20.1 Å². The van der Waals surface area contributed by atoms with E-state index in [-0.39, 0.29) is 10.5 Å². The molecule has 0 unspecified atom stereocenters. The molecule has 9 nitrogen and oxygen atoms in total. The van der Waals surface area contributed by atoms with Crippen LogP contribution in [0.1, 0.15) is 43.5 Å². The lowest BCUT2D eigenvalue weighted by Crippen LogP contribution is -2.48. The Morgan fingerprint density at radius 2 is 1.78 bits per heavy atom.